The molecule has 2 heterocycles. The number of nitrogens with zero attached hydrogens (tertiary/aromatic N) is 3. The maximum absolute atomic E-state index is 6.27. The lowest BCUT2D eigenvalue weighted by molar-refractivity contribution is 0.408. The molecule has 0 aliphatic carbocycles. The molecule has 0 aliphatic heterocycles. The maximum atomic E-state index is 6.27. The lowest BCUT2D eigenvalue weighted by Gasteiger charge is -2.21. The predicted molar refractivity (Wildman–Crippen MR) is 127 cm³/mol. The second-order valence-electron chi connectivity index (χ2n) is 8.55. The zero-order valence-electron chi connectivity index (χ0n) is 18.3. The number of benzene rings is 2. The van der Waals surface area contributed by atoms with Crippen LogP contribution in [0.3, 0.4) is 0 Å². The van der Waals surface area contributed by atoms with E-state index in [0.717, 1.165) is 44.8 Å². The Kier molecular flexibility index (Phi) is 5.19. The first-order valence-corrected chi connectivity index (χ1v) is 10.2. The highest BCUT2D eigenvalue weighted by Gasteiger charge is 2.23. The summed E-state index contributed by atoms with van der Waals surface area (Å²) in [6, 6.07) is 13.9. The molecule has 2 aromatic carbocycles. The van der Waals surface area contributed by atoms with Crippen LogP contribution >= 0.6 is 0 Å². The van der Waals surface area contributed by atoms with Gasteiger partial charge in [0.05, 0.1) is 12.5 Å². The average molecular weight is 417 g/mol. The van der Waals surface area contributed by atoms with Crippen LogP contribution in [0.25, 0.3) is 22.2 Å². The summed E-state index contributed by atoms with van der Waals surface area (Å²) >= 11 is 0. The van der Waals surface area contributed by atoms with Gasteiger partial charge in [-0.1, -0.05) is 12.1 Å². The van der Waals surface area contributed by atoms with Crippen LogP contribution in [0, 0.1) is 0 Å². The minimum Gasteiger partial charge on any atom is -0.496 e. The highest BCUT2D eigenvalue weighted by Crippen LogP contribution is 2.40. The number of aromatic nitrogens is 3. The largest absolute Gasteiger partial charge is 0.496 e. The van der Waals surface area contributed by atoms with Gasteiger partial charge in [0.1, 0.15) is 23.5 Å². The van der Waals surface area contributed by atoms with Crippen molar-refractivity contribution >= 4 is 28.2 Å². The third-order valence-corrected chi connectivity index (χ3v) is 5.30. The summed E-state index contributed by atoms with van der Waals surface area (Å²) in [6.45, 7) is 7.09. The van der Waals surface area contributed by atoms with Gasteiger partial charge < -0.3 is 26.1 Å². The van der Waals surface area contributed by atoms with Gasteiger partial charge in [-0.25, -0.2) is 9.97 Å². The molecule has 0 atom stereocenters. The number of anilines is 3. The van der Waals surface area contributed by atoms with Gasteiger partial charge in [0.25, 0.3) is 0 Å². The van der Waals surface area contributed by atoms with Crippen molar-refractivity contribution in [1.29, 1.82) is 0 Å². The molecule has 4 aromatic rings. The molecule has 5 N–H and O–H groups in total. The second-order valence-corrected chi connectivity index (χ2v) is 8.55. The van der Waals surface area contributed by atoms with Gasteiger partial charge in [-0.3, -0.25) is 0 Å². The van der Waals surface area contributed by atoms with E-state index >= 15 is 0 Å². The predicted octanol–water partition coefficient (Wildman–Crippen LogP) is 4.64. The molecule has 0 aliphatic rings. The summed E-state index contributed by atoms with van der Waals surface area (Å²) in [7, 11) is 1.67. The number of hydrogen-bond acceptors (Lipinski definition) is 6. The number of nitrogens with two attached hydrogens (primary N) is 2. The molecule has 0 unspecified atom stereocenters. The molecule has 0 spiro atoms. The van der Waals surface area contributed by atoms with Gasteiger partial charge >= 0.3 is 0 Å². The number of nitrogen functional groups attached to an aromatic ring is 2. The van der Waals surface area contributed by atoms with E-state index in [1.54, 1.807) is 7.11 Å². The monoisotopic (exact) mass is 416 g/mol. The maximum Gasteiger partial charge on any atom is 0.146 e. The third kappa shape index (κ3) is 3.99. The van der Waals surface area contributed by atoms with Gasteiger partial charge in [-0.2, -0.15) is 0 Å². The molecule has 7 heteroatoms. The van der Waals surface area contributed by atoms with Crippen molar-refractivity contribution in [3.63, 3.8) is 0 Å². The fraction of sp³-hybridized carbons (Fsp3) is 0.250. The average Bonchev–Trinajstić information content (AvgIpc) is 3.14. The number of methoxy groups -OCH3 is 1. The minimum absolute atomic E-state index is 0.162. The number of rotatable bonds is 5. The quantitative estimate of drug-likeness (QED) is 0.410. The van der Waals surface area contributed by atoms with E-state index in [1.165, 1.54) is 6.33 Å². The van der Waals surface area contributed by atoms with E-state index in [-0.39, 0.29) is 5.54 Å². The molecule has 0 fully saturated rings. The van der Waals surface area contributed by atoms with Crippen LogP contribution in [-0.2, 0) is 12.1 Å². The molecular formula is C24H28N6O. The van der Waals surface area contributed by atoms with Crippen molar-refractivity contribution in [2.75, 3.05) is 23.9 Å². The van der Waals surface area contributed by atoms with Gasteiger partial charge in [0.2, 0.25) is 0 Å². The normalized spacial score (nSPS) is 11.6. The van der Waals surface area contributed by atoms with E-state index in [4.69, 9.17) is 16.2 Å². The van der Waals surface area contributed by atoms with Crippen LogP contribution in [0.5, 0.6) is 5.75 Å². The lowest BCUT2D eigenvalue weighted by atomic mass is 10.0. The van der Waals surface area contributed by atoms with Crippen LogP contribution in [0.15, 0.2) is 55.0 Å². The van der Waals surface area contributed by atoms with Crippen molar-refractivity contribution in [3.05, 3.63) is 60.6 Å². The van der Waals surface area contributed by atoms with Crippen molar-refractivity contribution in [2.45, 2.75) is 32.9 Å². The van der Waals surface area contributed by atoms with E-state index in [9.17, 15) is 0 Å². The second kappa shape index (κ2) is 7.83. The first kappa shape index (κ1) is 20.5. The molecule has 31 heavy (non-hydrogen) atoms. The van der Waals surface area contributed by atoms with Gasteiger partial charge in [0, 0.05) is 46.8 Å². The standard InChI is InChI=1S/C24H28N6O/c1-24(2,3)30-13-19(21-22(26)28-14-29-23(21)30)18-10-9-17(11-20(18)31-4)27-12-15-5-7-16(25)8-6-15/h5-11,13-14,27H,12,25H2,1-4H3,(H2,26,28,29). The Morgan fingerprint density at radius 3 is 2.42 bits per heavy atom. The van der Waals surface area contributed by atoms with E-state index in [0.29, 0.717) is 12.4 Å². The van der Waals surface area contributed by atoms with Crippen LogP contribution in [-0.4, -0.2) is 21.6 Å². The van der Waals surface area contributed by atoms with E-state index in [2.05, 4.69) is 46.8 Å². The summed E-state index contributed by atoms with van der Waals surface area (Å²) in [4.78, 5) is 8.73. The Hall–Kier alpha value is -3.74. The van der Waals surface area contributed by atoms with Crippen molar-refractivity contribution in [1.82, 2.24) is 14.5 Å². The highest BCUT2D eigenvalue weighted by molar-refractivity contribution is 6.02. The van der Waals surface area contributed by atoms with Crippen molar-refractivity contribution in [3.8, 4) is 16.9 Å². The van der Waals surface area contributed by atoms with E-state index in [1.807, 2.05) is 42.5 Å². The van der Waals surface area contributed by atoms with Crippen LogP contribution < -0.4 is 21.5 Å². The van der Waals surface area contributed by atoms with Crippen LogP contribution in [0.1, 0.15) is 26.3 Å². The molecule has 0 radical (unpaired) electrons. The fourth-order valence-electron chi connectivity index (χ4n) is 3.66. The zero-order valence-corrected chi connectivity index (χ0v) is 18.3. The van der Waals surface area contributed by atoms with Gasteiger partial charge in [-0.15, -0.1) is 0 Å². The number of ether oxygens (including phenoxy) is 1. The Morgan fingerprint density at radius 2 is 1.74 bits per heavy atom. The van der Waals surface area contributed by atoms with Crippen molar-refractivity contribution < 1.29 is 4.74 Å². The Labute approximate surface area is 182 Å². The first-order valence-electron chi connectivity index (χ1n) is 10.2. The first-order chi connectivity index (χ1) is 14.8. The molecule has 2 aromatic heterocycles. The fourth-order valence-corrected chi connectivity index (χ4v) is 3.66. The Balaban J connectivity index is 1.73. The molecule has 0 bridgehead atoms. The van der Waals surface area contributed by atoms with Crippen molar-refractivity contribution in [2.24, 2.45) is 0 Å². The van der Waals surface area contributed by atoms with E-state index < -0.39 is 0 Å². The molecule has 0 amide bonds. The molecule has 0 saturated heterocycles. The highest BCUT2D eigenvalue weighted by atomic mass is 16.5. The summed E-state index contributed by atoms with van der Waals surface area (Å²) < 4.78 is 7.87. The summed E-state index contributed by atoms with van der Waals surface area (Å²) in [5.41, 5.74) is 17.4. The summed E-state index contributed by atoms with van der Waals surface area (Å²) in [6.07, 6.45) is 3.58. The molecule has 7 nitrogen and oxygen atoms in total. The number of fused-ring (bicyclic) bond motifs is 1. The summed E-state index contributed by atoms with van der Waals surface area (Å²) in [5, 5.41) is 4.27. The smallest absolute Gasteiger partial charge is 0.146 e. The van der Waals surface area contributed by atoms with Crippen LogP contribution in [0.2, 0.25) is 0 Å². The molecule has 0 saturated carbocycles. The number of hydrogen-bond donors (Lipinski definition) is 3. The SMILES string of the molecule is COc1cc(NCc2ccc(N)cc2)ccc1-c1cn(C(C)(C)C)c2ncnc(N)c12. The minimum atomic E-state index is -0.162. The zero-order chi connectivity index (χ0) is 22.2. The lowest BCUT2D eigenvalue weighted by Crippen LogP contribution is -2.21. The molecule has 160 valence electrons. The Bertz CT molecular complexity index is 1220. The molecular weight excluding hydrogens is 388 g/mol. The topological polar surface area (TPSA) is 104 Å². The number of nitrogens with one attached hydrogen (secondary N) is 1. The van der Waals surface area contributed by atoms with Gasteiger partial charge in [0.15, 0.2) is 0 Å². The van der Waals surface area contributed by atoms with Gasteiger partial charge in [-0.05, 0) is 50.6 Å². The summed E-state index contributed by atoms with van der Waals surface area (Å²) in [5.74, 6) is 1.20. The Morgan fingerprint density at radius 1 is 1.00 bits per heavy atom. The molecule has 4 rings (SSSR count). The van der Waals surface area contributed by atoms with Crippen LogP contribution in [0.4, 0.5) is 17.2 Å². The third-order valence-electron chi connectivity index (χ3n) is 5.30.